The first-order chi connectivity index (χ1) is 7.73. The van der Waals surface area contributed by atoms with E-state index in [1.807, 2.05) is 20.8 Å². The Morgan fingerprint density at radius 1 is 1.12 bits per heavy atom. The zero-order valence-electron chi connectivity index (χ0n) is 12.2. The maximum Gasteiger partial charge on any atom is 0.0722 e. The molecule has 0 aliphatic heterocycles. The Hall–Kier alpha value is -0.0800. The van der Waals surface area contributed by atoms with Crippen LogP contribution in [0.3, 0.4) is 0 Å². The second-order valence-corrected chi connectivity index (χ2v) is 6.67. The van der Waals surface area contributed by atoms with E-state index in [1.165, 1.54) is 19.3 Å². The molecule has 1 saturated carbocycles. The normalized spacial score (nSPS) is 31.9. The third kappa shape index (κ3) is 2.85. The Kier molecular flexibility index (Phi) is 4.65. The van der Waals surface area contributed by atoms with Gasteiger partial charge in [0.25, 0.3) is 0 Å². The van der Waals surface area contributed by atoms with Gasteiger partial charge in [-0.1, -0.05) is 40.0 Å². The van der Waals surface area contributed by atoms with Crippen molar-refractivity contribution in [2.75, 3.05) is 0 Å². The molecule has 0 aromatic rings. The Bertz CT molecular complexity index is 235. The Labute approximate surface area is 106 Å². The summed E-state index contributed by atoms with van der Waals surface area (Å²) in [6.07, 6.45) is 5.43. The number of rotatable bonds is 4. The molecule has 2 nitrogen and oxygen atoms in total. The van der Waals surface area contributed by atoms with Crippen LogP contribution in [0.2, 0.25) is 0 Å². The van der Waals surface area contributed by atoms with E-state index in [0.29, 0.717) is 5.92 Å². The topological polar surface area (TPSA) is 40.5 Å². The van der Waals surface area contributed by atoms with Crippen LogP contribution < -0.4 is 0 Å². The van der Waals surface area contributed by atoms with Crippen molar-refractivity contribution in [3.05, 3.63) is 0 Å². The average molecular weight is 242 g/mol. The zero-order valence-corrected chi connectivity index (χ0v) is 12.2. The van der Waals surface area contributed by atoms with Crippen LogP contribution in [0.25, 0.3) is 0 Å². The van der Waals surface area contributed by atoms with Crippen molar-refractivity contribution in [3.63, 3.8) is 0 Å². The van der Waals surface area contributed by atoms with E-state index in [2.05, 4.69) is 6.92 Å². The van der Waals surface area contributed by atoms with Crippen LogP contribution in [0.15, 0.2) is 0 Å². The Balaban J connectivity index is 2.72. The molecule has 0 radical (unpaired) electrons. The summed E-state index contributed by atoms with van der Waals surface area (Å²) in [7, 11) is 0. The molecule has 2 atom stereocenters. The van der Waals surface area contributed by atoms with Gasteiger partial charge in [-0.25, -0.2) is 0 Å². The number of aliphatic hydroxyl groups is 2. The summed E-state index contributed by atoms with van der Waals surface area (Å²) in [5, 5.41) is 20.7. The third-order valence-electron chi connectivity index (χ3n) is 5.57. The third-order valence-corrected chi connectivity index (χ3v) is 5.57. The summed E-state index contributed by atoms with van der Waals surface area (Å²) < 4.78 is 0. The molecular formula is C15H30O2. The molecule has 0 heterocycles. The molecule has 0 bridgehead atoms. The van der Waals surface area contributed by atoms with Gasteiger partial charge in [0.05, 0.1) is 11.7 Å². The summed E-state index contributed by atoms with van der Waals surface area (Å²) in [4.78, 5) is 0. The van der Waals surface area contributed by atoms with Crippen molar-refractivity contribution in [2.24, 2.45) is 17.3 Å². The SMILES string of the molecule is CCC1CCC(C(C)(O)C(C)(C)C(C)O)CC1. The zero-order chi connectivity index (χ0) is 13.3. The van der Waals surface area contributed by atoms with Gasteiger partial charge in [-0.2, -0.15) is 0 Å². The van der Waals surface area contributed by atoms with Crippen LogP contribution in [-0.2, 0) is 0 Å². The summed E-state index contributed by atoms with van der Waals surface area (Å²) in [6.45, 7) is 9.90. The fraction of sp³-hybridized carbons (Fsp3) is 1.00. The molecule has 2 heteroatoms. The van der Waals surface area contributed by atoms with Gasteiger partial charge in [-0.3, -0.25) is 0 Å². The highest BCUT2D eigenvalue weighted by Gasteiger charge is 2.48. The molecule has 1 fully saturated rings. The van der Waals surface area contributed by atoms with Crippen molar-refractivity contribution >= 4 is 0 Å². The van der Waals surface area contributed by atoms with Gasteiger partial charge in [0.2, 0.25) is 0 Å². The molecule has 1 aliphatic carbocycles. The van der Waals surface area contributed by atoms with Crippen LogP contribution in [0.4, 0.5) is 0 Å². The maximum absolute atomic E-state index is 10.8. The maximum atomic E-state index is 10.8. The van der Waals surface area contributed by atoms with E-state index < -0.39 is 17.1 Å². The molecule has 0 saturated heterocycles. The molecule has 17 heavy (non-hydrogen) atoms. The molecule has 1 rings (SSSR count). The second-order valence-electron chi connectivity index (χ2n) is 6.67. The van der Waals surface area contributed by atoms with Crippen LogP contribution in [0.1, 0.15) is 66.7 Å². The minimum atomic E-state index is -0.778. The molecule has 102 valence electrons. The summed E-state index contributed by atoms with van der Waals surface area (Å²) in [5.41, 5.74) is -1.23. The van der Waals surface area contributed by atoms with E-state index in [0.717, 1.165) is 18.8 Å². The minimum absolute atomic E-state index is 0.329. The van der Waals surface area contributed by atoms with Crippen molar-refractivity contribution in [1.29, 1.82) is 0 Å². The van der Waals surface area contributed by atoms with E-state index in [4.69, 9.17) is 0 Å². The van der Waals surface area contributed by atoms with Gasteiger partial charge in [-0.15, -0.1) is 0 Å². The van der Waals surface area contributed by atoms with Crippen LogP contribution in [0.5, 0.6) is 0 Å². The Morgan fingerprint density at radius 2 is 1.59 bits per heavy atom. The van der Waals surface area contributed by atoms with Crippen LogP contribution >= 0.6 is 0 Å². The summed E-state index contributed by atoms with van der Waals surface area (Å²) >= 11 is 0. The fourth-order valence-corrected chi connectivity index (χ4v) is 3.08. The van der Waals surface area contributed by atoms with E-state index in [1.54, 1.807) is 6.92 Å². The number of hydrogen-bond acceptors (Lipinski definition) is 2. The van der Waals surface area contributed by atoms with Crippen molar-refractivity contribution in [3.8, 4) is 0 Å². The van der Waals surface area contributed by atoms with Crippen molar-refractivity contribution in [2.45, 2.75) is 78.4 Å². The Morgan fingerprint density at radius 3 is 1.94 bits per heavy atom. The largest absolute Gasteiger partial charge is 0.393 e. The van der Waals surface area contributed by atoms with E-state index in [9.17, 15) is 10.2 Å². The first kappa shape index (κ1) is 15.0. The van der Waals surface area contributed by atoms with Crippen LogP contribution in [-0.4, -0.2) is 21.9 Å². The van der Waals surface area contributed by atoms with Crippen molar-refractivity contribution in [1.82, 2.24) is 0 Å². The van der Waals surface area contributed by atoms with Gasteiger partial charge < -0.3 is 10.2 Å². The summed E-state index contributed by atoms with van der Waals surface area (Å²) in [5.74, 6) is 1.17. The predicted octanol–water partition coefficient (Wildman–Crippen LogP) is 3.36. The minimum Gasteiger partial charge on any atom is -0.393 e. The van der Waals surface area contributed by atoms with Gasteiger partial charge in [0.1, 0.15) is 0 Å². The molecule has 0 amide bonds. The lowest BCUT2D eigenvalue weighted by Gasteiger charge is -2.49. The lowest BCUT2D eigenvalue weighted by atomic mass is 9.61. The van der Waals surface area contributed by atoms with E-state index in [-0.39, 0.29) is 0 Å². The predicted molar refractivity (Wildman–Crippen MR) is 71.8 cm³/mol. The van der Waals surface area contributed by atoms with Gasteiger partial charge in [-0.05, 0) is 38.5 Å². The lowest BCUT2D eigenvalue weighted by molar-refractivity contribution is -0.151. The van der Waals surface area contributed by atoms with Gasteiger partial charge in [0, 0.05) is 5.41 Å². The van der Waals surface area contributed by atoms with Crippen molar-refractivity contribution < 1.29 is 10.2 Å². The fourth-order valence-electron chi connectivity index (χ4n) is 3.08. The molecule has 0 aromatic heterocycles. The quantitative estimate of drug-likeness (QED) is 0.793. The van der Waals surface area contributed by atoms with Gasteiger partial charge >= 0.3 is 0 Å². The lowest BCUT2D eigenvalue weighted by Crippen LogP contribution is -2.54. The first-order valence-corrected chi connectivity index (χ1v) is 7.13. The monoisotopic (exact) mass is 242 g/mol. The highest BCUT2D eigenvalue weighted by Crippen LogP contribution is 2.46. The standard InChI is InChI=1S/C15H30O2/c1-6-12-7-9-13(10-8-12)15(5,17)14(3,4)11(2)16/h11-13,16-17H,6-10H2,1-5H3. The second kappa shape index (κ2) is 5.27. The molecule has 2 unspecified atom stereocenters. The smallest absolute Gasteiger partial charge is 0.0722 e. The molecule has 1 aliphatic rings. The number of aliphatic hydroxyl groups excluding tert-OH is 1. The first-order valence-electron chi connectivity index (χ1n) is 7.13. The molecule has 0 spiro atoms. The highest BCUT2D eigenvalue weighted by atomic mass is 16.3. The van der Waals surface area contributed by atoms with Crippen LogP contribution in [0, 0.1) is 17.3 Å². The van der Waals surface area contributed by atoms with E-state index >= 15 is 0 Å². The molecule has 2 N–H and O–H groups in total. The summed E-state index contributed by atoms with van der Waals surface area (Å²) in [6, 6.07) is 0. The molecular weight excluding hydrogens is 212 g/mol. The average Bonchev–Trinajstić information content (AvgIpc) is 2.28. The number of hydrogen-bond donors (Lipinski definition) is 2. The van der Waals surface area contributed by atoms with Gasteiger partial charge in [0.15, 0.2) is 0 Å². The molecule has 0 aromatic carbocycles. The highest BCUT2D eigenvalue weighted by molar-refractivity contribution is 4.98.